The van der Waals surface area contributed by atoms with Gasteiger partial charge in [0.1, 0.15) is 5.75 Å². The van der Waals surface area contributed by atoms with E-state index in [0.717, 1.165) is 12.3 Å². The highest BCUT2D eigenvalue weighted by Gasteiger charge is 2.16. The fraction of sp³-hybridized carbons (Fsp3) is 0.375. The largest absolute Gasteiger partial charge is 0.496 e. The highest BCUT2D eigenvalue weighted by atomic mass is 32.1. The van der Waals surface area contributed by atoms with Crippen LogP contribution < -0.4 is 10.1 Å². The van der Waals surface area contributed by atoms with E-state index in [2.05, 4.69) is 55.7 Å². The Morgan fingerprint density at radius 2 is 1.84 bits per heavy atom. The molecule has 0 saturated heterocycles. The van der Waals surface area contributed by atoms with Gasteiger partial charge in [-0.25, -0.2) is 0 Å². The molecule has 1 unspecified atom stereocenters. The van der Waals surface area contributed by atoms with Crippen molar-refractivity contribution < 1.29 is 4.74 Å². The Kier molecular flexibility index (Phi) is 4.61. The Hall–Kier alpha value is -1.32. The van der Waals surface area contributed by atoms with Gasteiger partial charge in [0.15, 0.2) is 0 Å². The lowest BCUT2D eigenvalue weighted by Crippen LogP contribution is -2.21. The van der Waals surface area contributed by atoms with Crippen LogP contribution in [0.1, 0.15) is 34.5 Å². The molecule has 19 heavy (non-hydrogen) atoms. The molecule has 102 valence electrons. The molecule has 1 N–H and O–H groups in total. The lowest BCUT2D eigenvalue weighted by molar-refractivity contribution is 0.416. The fourth-order valence-corrected chi connectivity index (χ4v) is 3.31. The quantitative estimate of drug-likeness (QED) is 0.888. The summed E-state index contributed by atoms with van der Waals surface area (Å²) >= 11 is 1.74. The lowest BCUT2D eigenvalue weighted by Gasteiger charge is -2.18. The average molecular weight is 275 g/mol. The van der Waals surface area contributed by atoms with E-state index >= 15 is 0 Å². The number of ether oxygens (including phenoxy) is 1. The maximum atomic E-state index is 5.29. The molecule has 1 atom stereocenters. The first-order valence-corrected chi connectivity index (χ1v) is 7.46. The van der Waals surface area contributed by atoms with E-state index < -0.39 is 0 Å². The number of nitrogens with one attached hydrogen (secondary N) is 1. The molecule has 0 saturated carbocycles. The predicted octanol–water partition coefficient (Wildman–Crippen LogP) is 4.07. The molecule has 2 aromatic rings. The van der Waals surface area contributed by atoms with Crippen LogP contribution in [0.25, 0.3) is 0 Å². The van der Waals surface area contributed by atoms with E-state index in [-0.39, 0.29) is 6.04 Å². The minimum absolute atomic E-state index is 0.248. The van der Waals surface area contributed by atoms with E-state index in [1.54, 1.807) is 18.4 Å². The van der Waals surface area contributed by atoms with Crippen molar-refractivity contribution in [3.63, 3.8) is 0 Å². The molecule has 0 aliphatic carbocycles. The van der Waals surface area contributed by atoms with Crippen molar-refractivity contribution in [1.82, 2.24) is 5.32 Å². The number of hydrogen-bond donors (Lipinski definition) is 1. The Morgan fingerprint density at radius 3 is 2.37 bits per heavy atom. The van der Waals surface area contributed by atoms with Crippen molar-refractivity contribution in [2.24, 2.45) is 0 Å². The third-order valence-corrected chi connectivity index (χ3v) is 4.08. The van der Waals surface area contributed by atoms with E-state index in [0.29, 0.717) is 0 Å². The second-order valence-corrected chi connectivity index (χ2v) is 5.74. The van der Waals surface area contributed by atoms with Gasteiger partial charge >= 0.3 is 0 Å². The summed E-state index contributed by atoms with van der Waals surface area (Å²) in [5, 5.41) is 5.62. The van der Waals surface area contributed by atoms with Gasteiger partial charge in [-0.15, -0.1) is 11.3 Å². The van der Waals surface area contributed by atoms with Crippen molar-refractivity contribution in [2.75, 3.05) is 13.7 Å². The van der Waals surface area contributed by atoms with Crippen LogP contribution in [0.15, 0.2) is 29.6 Å². The van der Waals surface area contributed by atoms with E-state index in [1.165, 1.54) is 21.6 Å². The standard InChI is InChI=1S/C16H21NOS/c1-5-17-16(15-9-14(18-4)10-19-15)13-7-11(2)6-12(3)8-13/h6-10,16-17H,5H2,1-4H3. The summed E-state index contributed by atoms with van der Waals surface area (Å²) in [6.07, 6.45) is 0. The SMILES string of the molecule is CCNC(c1cc(C)cc(C)c1)c1cc(OC)cs1. The number of methoxy groups -OCH3 is 1. The third kappa shape index (κ3) is 3.37. The fourth-order valence-electron chi connectivity index (χ4n) is 2.36. The van der Waals surface area contributed by atoms with Crippen molar-refractivity contribution in [1.29, 1.82) is 0 Å². The van der Waals surface area contributed by atoms with Gasteiger partial charge in [-0.3, -0.25) is 0 Å². The van der Waals surface area contributed by atoms with Crippen LogP contribution in [0, 0.1) is 13.8 Å². The molecular formula is C16H21NOS. The zero-order valence-corrected chi connectivity index (χ0v) is 12.8. The molecule has 0 amide bonds. The highest BCUT2D eigenvalue weighted by Crippen LogP contribution is 2.31. The molecule has 1 heterocycles. The Morgan fingerprint density at radius 1 is 1.16 bits per heavy atom. The van der Waals surface area contributed by atoms with E-state index in [4.69, 9.17) is 4.74 Å². The molecule has 0 aliphatic heterocycles. The molecule has 3 heteroatoms. The van der Waals surface area contributed by atoms with Gasteiger partial charge in [0.2, 0.25) is 0 Å². The molecule has 0 fully saturated rings. The lowest BCUT2D eigenvalue weighted by atomic mass is 10.00. The summed E-state index contributed by atoms with van der Waals surface area (Å²) in [6, 6.07) is 9.09. The first kappa shape index (κ1) is 14.1. The highest BCUT2D eigenvalue weighted by molar-refractivity contribution is 7.10. The van der Waals surface area contributed by atoms with Crippen molar-refractivity contribution in [2.45, 2.75) is 26.8 Å². The number of hydrogen-bond acceptors (Lipinski definition) is 3. The number of thiophene rings is 1. The zero-order chi connectivity index (χ0) is 13.8. The Bertz CT molecular complexity index is 527. The zero-order valence-electron chi connectivity index (χ0n) is 12.0. The summed E-state index contributed by atoms with van der Waals surface area (Å²) in [4.78, 5) is 1.30. The maximum Gasteiger partial charge on any atom is 0.129 e. The summed E-state index contributed by atoms with van der Waals surface area (Å²) < 4.78 is 5.29. The summed E-state index contributed by atoms with van der Waals surface area (Å²) in [7, 11) is 1.71. The third-order valence-electron chi connectivity index (χ3n) is 3.10. The van der Waals surface area contributed by atoms with Crippen LogP contribution in [-0.2, 0) is 0 Å². The molecule has 2 nitrogen and oxygen atoms in total. The number of benzene rings is 1. The minimum Gasteiger partial charge on any atom is -0.496 e. The summed E-state index contributed by atoms with van der Waals surface area (Å²) in [6.45, 7) is 7.38. The second kappa shape index (κ2) is 6.22. The van der Waals surface area contributed by atoms with Crippen molar-refractivity contribution >= 4 is 11.3 Å². The monoisotopic (exact) mass is 275 g/mol. The molecular weight excluding hydrogens is 254 g/mol. The second-order valence-electron chi connectivity index (χ2n) is 4.80. The Balaban J connectivity index is 2.38. The van der Waals surface area contributed by atoms with Gasteiger partial charge in [-0.1, -0.05) is 36.2 Å². The Labute approximate surface area is 119 Å². The van der Waals surface area contributed by atoms with Crippen LogP contribution >= 0.6 is 11.3 Å². The summed E-state index contributed by atoms with van der Waals surface area (Å²) in [5.74, 6) is 0.937. The molecule has 2 rings (SSSR count). The van der Waals surface area contributed by atoms with Gasteiger partial charge in [0.05, 0.1) is 13.2 Å². The topological polar surface area (TPSA) is 21.3 Å². The van der Waals surface area contributed by atoms with Gasteiger partial charge in [-0.2, -0.15) is 0 Å². The number of aryl methyl sites for hydroxylation is 2. The molecule has 0 spiro atoms. The summed E-state index contributed by atoms with van der Waals surface area (Å²) in [5.41, 5.74) is 3.94. The van der Waals surface area contributed by atoms with Crippen molar-refractivity contribution in [3.8, 4) is 5.75 Å². The van der Waals surface area contributed by atoms with Gasteiger partial charge < -0.3 is 10.1 Å². The van der Waals surface area contributed by atoms with Crippen LogP contribution in [-0.4, -0.2) is 13.7 Å². The normalized spacial score (nSPS) is 12.4. The van der Waals surface area contributed by atoms with E-state index in [1.807, 2.05) is 0 Å². The molecule has 0 aliphatic rings. The van der Waals surface area contributed by atoms with Gasteiger partial charge in [0.25, 0.3) is 0 Å². The average Bonchev–Trinajstić information content (AvgIpc) is 2.83. The number of rotatable bonds is 5. The molecule has 1 aromatic heterocycles. The van der Waals surface area contributed by atoms with Gasteiger partial charge in [-0.05, 0) is 32.0 Å². The minimum atomic E-state index is 0.248. The first-order valence-electron chi connectivity index (χ1n) is 6.58. The van der Waals surface area contributed by atoms with Crippen molar-refractivity contribution in [3.05, 3.63) is 51.2 Å². The molecule has 0 bridgehead atoms. The van der Waals surface area contributed by atoms with Crippen LogP contribution in [0.5, 0.6) is 5.75 Å². The smallest absolute Gasteiger partial charge is 0.129 e. The van der Waals surface area contributed by atoms with Crippen LogP contribution in [0.2, 0.25) is 0 Å². The van der Waals surface area contributed by atoms with Gasteiger partial charge in [0, 0.05) is 10.3 Å². The van der Waals surface area contributed by atoms with Crippen LogP contribution in [0.3, 0.4) is 0 Å². The maximum absolute atomic E-state index is 5.29. The molecule has 0 radical (unpaired) electrons. The molecule has 1 aromatic carbocycles. The van der Waals surface area contributed by atoms with Crippen LogP contribution in [0.4, 0.5) is 0 Å². The predicted molar refractivity (Wildman–Crippen MR) is 82.3 cm³/mol. The van der Waals surface area contributed by atoms with E-state index in [9.17, 15) is 0 Å². The first-order chi connectivity index (χ1) is 9.13.